The summed E-state index contributed by atoms with van der Waals surface area (Å²) in [6.45, 7) is 12.6. The van der Waals surface area contributed by atoms with Crippen LogP contribution in [0.1, 0.15) is 67.7 Å². The van der Waals surface area contributed by atoms with Gasteiger partial charge < -0.3 is 24.5 Å². The Bertz CT molecular complexity index is 1120. The summed E-state index contributed by atoms with van der Waals surface area (Å²) in [6.07, 6.45) is 4.50. The predicted octanol–water partition coefficient (Wildman–Crippen LogP) is 3.00. The molecule has 0 saturated carbocycles. The number of hydrogen-bond acceptors (Lipinski definition) is 10. The van der Waals surface area contributed by atoms with E-state index in [4.69, 9.17) is 19.9 Å². The lowest BCUT2D eigenvalue weighted by Crippen LogP contribution is -2.50. The number of unbranched alkanes of at least 4 members (excludes halogenated alkanes) is 2. The first-order valence-electron chi connectivity index (χ1n) is 12.8. The molecule has 2 heterocycles. The van der Waals surface area contributed by atoms with Gasteiger partial charge in [-0.3, -0.25) is 14.2 Å². The minimum Gasteiger partial charge on any atom is -0.465 e. The third-order valence-corrected chi connectivity index (χ3v) is 7.72. The van der Waals surface area contributed by atoms with Gasteiger partial charge >= 0.3 is 11.9 Å². The van der Waals surface area contributed by atoms with Gasteiger partial charge in [-0.1, -0.05) is 19.8 Å². The molecule has 2 rings (SSSR count). The average molecular weight is 556 g/mol. The van der Waals surface area contributed by atoms with E-state index in [1.54, 1.807) is 52.4 Å². The maximum absolute atomic E-state index is 14.1. The lowest BCUT2D eigenvalue weighted by Gasteiger charge is -2.32. The first-order valence-corrected chi connectivity index (χ1v) is 14.7. The molecule has 0 aliphatic carbocycles. The van der Waals surface area contributed by atoms with Gasteiger partial charge in [0.15, 0.2) is 11.5 Å². The Kier molecular flexibility index (Phi) is 11.6. The van der Waals surface area contributed by atoms with Crippen LogP contribution in [0.4, 0.5) is 5.82 Å². The van der Waals surface area contributed by atoms with Gasteiger partial charge in [-0.25, -0.2) is 25.1 Å². The van der Waals surface area contributed by atoms with Crippen LogP contribution in [0.2, 0.25) is 0 Å². The molecule has 0 aliphatic rings. The minimum atomic E-state index is -3.69. The summed E-state index contributed by atoms with van der Waals surface area (Å²) < 4.78 is 32.4. The van der Waals surface area contributed by atoms with Crippen molar-refractivity contribution in [1.29, 1.82) is 0 Å². The van der Waals surface area contributed by atoms with Crippen molar-refractivity contribution in [1.82, 2.24) is 29.7 Å². The normalized spacial score (nSPS) is 15.3. The van der Waals surface area contributed by atoms with Crippen LogP contribution < -0.4 is 15.9 Å². The van der Waals surface area contributed by atoms with Gasteiger partial charge in [0.1, 0.15) is 29.8 Å². The number of nitrogens with two attached hydrogens (primary N) is 1. The van der Waals surface area contributed by atoms with Crippen molar-refractivity contribution < 1.29 is 28.4 Å². The van der Waals surface area contributed by atoms with Gasteiger partial charge in [-0.2, -0.15) is 0 Å². The molecular formula is C24H42N7O6P. The maximum atomic E-state index is 14.1. The number of nitrogens with one attached hydrogen (secondary N) is 2. The molecule has 13 nitrogen and oxygen atoms in total. The van der Waals surface area contributed by atoms with E-state index in [1.165, 1.54) is 6.33 Å². The molecule has 0 amide bonds. The van der Waals surface area contributed by atoms with Crippen molar-refractivity contribution in [2.24, 2.45) is 0 Å². The van der Waals surface area contributed by atoms with Gasteiger partial charge in [0, 0.05) is 0 Å². The molecule has 0 fully saturated rings. The van der Waals surface area contributed by atoms with Crippen LogP contribution in [0.5, 0.6) is 0 Å². The van der Waals surface area contributed by atoms with Gasteiger partial charge in [-0.15, -0.1) is 0 Å². The molecule has 38 heavy (non-hydrogen) atoms. The second-order valence-corrected chi connectivity index (χ2v) is 12.3. The second kappa shape index (κ2) is 14.0. The quantitative estimate of drug-likeness (QED) is 0.157. The van der Waals surface area contributed by atoms with Crippen molar-refractivity contribution >= 4 is 36.4 Å². The van der Waals surface area contributed by atoms with Gasteiger partial charge in [-0.05, 0) is 48.0 Å². The van der Waals surface area contributed by atoms with E-state index < -0.39 is 37.1 Å². The van der Waals surface area contributed by atoms with E-state index in [1.807, 2.05) is 0 Å². The number of fused-ring (bicyclic) bond motifs is 1. The molecule has 214 valence electrons. The Hall–Kier alpha value is -2.60. The molecule has 0 radical (unpaired) electrons. The molecule has 0 aromatic carbocycles. The first kappa shape index (κ1) is 31.6. The maximum Gasteiger partial charge on any atom is 0.326 e. The van der Waals surface area contributed by atoms with Crippen LogP contribution >= 0.6 is 7.44 Å². The lowest BCUT2D eigenvalue weighted by atomic mass is 10.1. The van der Waals surface area contributed by atoms with Gasteiger partial charge in [0.2, 0.25) is 7.44 Å². The highest BCUT2D eigenvalue weighted by atomic mass is 31.2. The summed E-state index contributed by atoms with van der Waals surface area (Å²) >= 11 is 0. The Labute approximate surface area is 224 Å². The molecule has 3 unspecified atom stereocenters. The van der Waals surface area contributed by atoms with Crippen LogP contribution in [0.15, 0.2) is 12.7 Å². The number of aromatic nitrogens is 4. The summed E-state index contributed by atoms with van der Waals surface area (Å²) in [5.41, 5.74) is 5.55. The number of rotatable bonds is 16. The third-order valence-electron chi connectivity index (χ3n) is 5.49. The second-order valence-electron chi connectivity index (χ2n) is 10.1. The Balaban J connectivity index is 2.14. The summed E-state index contributed by atoms with van der Waals surface area (Å²) in [7, 11) is -3.69. The van der Waals surface area contributed by atoms with Crippen LogP contribution in [0.25, 0.3) is 11.2 Å². The lowest BCUT2D eigenvalue weighted by molar-refractivity contribution is -0.153. The zero-order chi connectivity index (χ0) is 28.5. The number of carbonyl (C=O) groups is 2. The Morgan fingerprint density at radius 1 is 1.16 bits per heavy atom. The highest BCUT2D eigenvalue weighted by Gasteiger charge is 2.39. The number of nitrogen functional groups attached to an aromatic ring is 1. The largest absolute Gasteiger partial charge is 0.465 e. The predicted molar refractivity (Wildman–Crippen MR) is 144 cm³/mol. The molecule has 0 bridgehead atoms. The number of nitrogens with zero attached hydrogens (tertiary/aromatic N) is 4. The van der Waals surface area contributed by atoms with Crippen LogP contribution in [0.3, 0.4) is 0 Å². The molecule has 0 aliphatic heterocycles. The number of ether oxygens (including phenoxy) is 3. The number of imidazole rings is 1. The van der Waals surface area contributed by atoms with Gasteiger partial charge in [0.05, 0.1) is 31.7 Å². The molecule has 0 saturated heterocycles. The topological polar surface area (TPSA) is 173 Å². The molecule has 2 aromatic heterocycles. The first-order chi connectivity index (χ1) is 17.8. The molecular weight excluding hydrogens is 513 g/mol. The fraction of sp³-hybridized carbons (Fsp3) is 0.708. The Morgan fingerprint density at radius 3 is 2.53 bits per heavy atom. The van der Waals surface area contributed by atoms with Crippen molar-refractivity contribution in [3.05, 3.63) is 12.7 Å². The van der Waals surface area contributed by atoms with Crippen molar-refractivity contribution in [2.75, 3.05) is 18.7 Å². The van der Waals surface area contributed by atoms with E-state index >= 15 is 0 Å². The standard InChI is InChI=1S/C24H42N7O6P/c1-8-9-10-11-35-22(32)18(5)29-38(34,30-24(6,7)23(33)37-16(2)3)15-36-17(4)12-31-14-28-19-20(25)26-13-27-21(19)31/h13-14,16-18H,8-12,15H2,1-7H3,(H2,25,26,27)(H2,29,30,34). The smallest absolute Gasteiger partial charge is 0.326 e. The van der Waals surface area contributed by atoms with Gasteiger partial charge in [0.25, 0.3) is 0 Å². The molecule has 0 spiro atoms. The van der Waals surface area contributed by atoms with E-state index in [9.17, 15) is 14.2 Å². The zero-order valence-corrected chi connectivity index (χ0v) is 24.3. The third kappa shape index (κ3) is 9.30. The highest BCUT2D eigenvalue weighted by molar-refractivity contribution is 7.59. The van der Waals surface area contributed by atoms with Crippen molar-refractivity contribution in [3.8, 4) is 0 Å². The number of anilines is 1. The van der Waals surface area contributed by atoms with E-state index in [2.05, 4.69) is 32.1 Å². The Morgan fingerprint density at radius 2 is 1.87 bits per heavy atom. The highest BCUT2D eigenvalue weighted by Crippen LogP contribution is 2.40. The zero-order valence-electron chi connectivity index (χ0n) is 23.4. The summed E-state index contributed by atoms with van der Waals surface area (Å²) in [5.74, 6) is -0.855. The van der Waals surface area contributed by atoms with E-state index in [0.29, 0.717) is 17.7 Å². The minimum absolute atomic E-state index is 0.270. The van der Waals surface area contributed by atoms with Crippen LogP contribution in [-0.2, 0) is 34.9 Å². The monoisotopic (exact) mass is 555 g/mol. The number of esters is 2. The van der Waals surface area contributed by atoms with Crippen LogP contribution in [-0.4, -0.2) is 68.2 Å². The van der Waals surface area contributed by atoms with Crippen molar-refractivity contribution in [3.63, 3.8) is 0 Å². The van der Waals surface area contributed by atoms with E-state index in [0.717, 1.165) is 19.3 Å². The fourth-order valence-corrected chi connectivity index (χ4v) is 5.96. The molecule has 14 heteroatoms. The molecule has 3 atom stereocenters. The number of hydrogen-bond donors (Lipinski definition) is 3. The number of carbonyl (C=O) groups excluding carboxylic acids is 2. The average Bonchev–Trinajstić information content (AvgIpc) is 3.23. The summed E-state index contributed by atoms with van der Waals surface area (Å²) in [4.78, 5) is 37.6. The summed E-state index contributed by atoms with van der Waals surface area (Å²) in [5, 5.41) is 5.70. The SMILES string of the molecule is CCCCCOC(=O)C(C)NP(=O)(COC(C)Cn1cnc2c(N)ncnc21)NC(C)(C)C(=O)OC(C)C. The van der Waals surface area contributed by atoms with E-state index in [-0.39, 0.29) is 24.9 Å². The molecule has 2 aromatic rings. The van der Waals surface area contributed by atoms with Crippen LogP contribution in [0, 0.1) is 0 Å². The fourth-order valence-electron chi connectivity index (χ4n) is 3.57. The summed E-state index contributed by atoms with van der Waals surface area (Å²) in [6, 6.07) is -0.914. The van der Waals surface area contributed by atoms with Crippen molar-refractivity contribution in [2.45, 2.75) is 98.1 Å². The molecule has 4 N–H and O–H groups in total.